The van der Waals surface area contributed by atoms with Crippen LogP contribution in [0.4, 0.5) is 0 Å². The van der Waals surface area contributed by atoms with Gasteiger partial charge in [0.15, 0.2) is 0 Å². The van der Waals surface area contributed by atoms with Gasteiger partial charge in [0.2, 0.25) is 0 Å². The molecule has 2 rings (SSSR count). The zero-order chi connectivity index (χ0) is 7.78. The molecule has 0 unspecified atom stereocenters. The second-order valence-electron chi connectivity index (χ2n) is 1.66. The molecule has 0 fully saturated rings. The summed E-state index contributed by atoms with van der Waals surface area (Å²) in [6, 6.07) is 1.78. The predicted molar refractivity (Wildman–Crippen MR) is 40.6 cm³/mol. The lowest BCUT2D eigenvalue weighted by molar-refractivity contribution is 1.17. The number of nitrogens with zero attached hydrogens (tertiary/aromatic N) is 3. The molecule has 2 heterocycles. The fraction of sp³-hybridized carbons (Fsp3) is 0. The largest absolute Gasteiger partial charge is 0.351 e. The van der Waals surface area contributed by atoms with Crippen LogP contribution in [0, 0.1) is 0 Å². The summed E-state index contributed by atoms with van der Waals surface area (Å²) in [5.74, 6) is 0. The standard InChI is InChI=1S/C4H4N2.C3H4N2/c1-2-5-4-6-3-1;1-2-5-3-4-1/h1-4H;1-3H,(H,4,5). The minimum Gasteiger partial charge on any atom is -0.351 e. The highest BCUT2D eigenvalue weighted by atomic mass is 14.8. The number of nitrogens with one attached hydrogen (secondary N) is 1. The molecule has 0 aliphatic rings. The molecule has 56 valence electrons. The van der Waals surface area contributed by atoms with Gasteiger partial charge < -0.3 is 4.98 Å². The molecule has 0 aliphatic heterocycles. The van der Waals surface area contributed by atoms with Crippen molar-refractivity contribution in [1.82, 2.24) is 19.9 Å². The summed E-state index contributed by atoms with van der Waals surface area (Å²) in [6.07, 6.45) is 9.96. The van der Waals surface area contributed by atoms with Gasteiger partial charge in [-0.05, 0) is 6.07 Å². The van der Waals surface area contributed by atoms with Crippen LogP contribution in [0.1, 0.15) is 0 Å². The molecule has 1 N–H and O–H groups in total. The summed E-state index contributed by atoms with van der Waals surface area (Å²) in [7, 11) is 0. The maximum atomic E-state index is 3.67. The maximum absolute atomic E-state index is 3.67. The molecule has 2 aromatic rings. The Hall–Kier alpha value is -1.71. The van der Waals surface area contributed by atoms with Crippen LogP contribution in [-0.2, 0) is 0 Å². The number of H-pyrrole nitrogens is 1. The number of aromatic amines is 1. The normalized spacial score (nSPS) is 8.00. The average Bonchev–Trinajstić information content (AvgIpc) is 2.64. The smallest absolute Gasteiger partial charge is 0.115 e. The van der Waals surface area contributed by atoms with E-state index in [0.29, 0.717) is 0 Å². The lowest BCUT2D eigenvalue weighted by Gasteiger charge is -1.70. The van der Waals surface area contributed by atoms with Gasteiger partial charge in [0.1, 0.15) is 6.33 Å². The van der Waals surface area contributed by atoms with Crippen molar-refractivity contribution >= 4 is 0 Å². The summed E-state index contributed by atoms with van der Waals surface area (Å²) in [4.78, 5) is 13.8. The summed E-state index contributed by atoms with van der Waals surface area (Å²) in [5.41, 5.74) is 0. The topological polar surface area (TPSA) is 54.5 Å². The lowest BCUT2D eigenvalue weighted by Crippen LogP contribution is -1.66. The summed E-state index contributed by atoms with van der Waals surface area (Å²) in [5, 5.41) is 0. The van der Waals surface area contributed by atoms with Crippen molar-refractivity contribution in [2.24, 2.45) is 0 Å². The molecule has 0 spiro atoms. The number of hydrogen-bond acceptors (Lipinski definition) is 3. The molecule has 0 aromatic carbocycles. The summed E-state index contributed by atoms with van der Waals surface area (Å²) in [6.45, 7) is 0. The minimum absolute atomic E-state index is 1.50. The Morgan fingerprint density at radius 1 is 0.909 bits per heavy atom. The van der Waals surface area contributed by atoms with E-state index in [9.17, 15) is 0 Å². The Labute approximate surface area is 64.4 Å². The van der Waals surface area contributed by atoms with Gasteiger partial charge in [-0.3, -0.25) is 0 Å². The maximum Gasteiger partial charge on any atom is 0.115 e. The van der Waals surface area contributed by atoms with Gasteiger partial charge in [-0.25, -0.2) is 15.0 Å². The van der Waals surface area contributed by atoms with Crippen molar-refractivity contribution in [1.29, 1.82) is 0 Å². The van der Waals surface area contributed by atoms with Crippen LogP contribution < -0.4 is 0 Å². The quantitative estimate of drug-likeness (QED) is 0.603. The third-order valence-electron chi connectivity index (χ3n) is 0.883. The Kier molecular flexibility index (Phi) is 3.43. The van der Waals surface area contributed by atoms with E-state index < -0.39 is 0 Å². The van der Waals surface area contributed by atoms with Crippen molar-refractivity contribution in [2.75, 3.05) is 0 Å². The van der Waals surface area contributed by atoms with Gasteiger partial charge in [0.05, 0.1) is 6.33 Å². The van der Waals surface area contributed by atoms with E-state index in [0.717, 1.165) is 0 Å². The van der Waals surface area contributed by atoms with Gasteiger partial charge in [0, 0.05) is 24.8 Å². The van der Waals surface area contributed by atoms with Crippen LogP contribution in [0.15, 0.2) is 43.5 Å². The van der Waals surface area contributed by atoms with Crippen LogP contribution in [0.2, 0.25) is 0 Å². The van der Waals surface area contributed by atoms with Gasteiger partial charge in [0.25, 0.3) is 0 Å². The SMILES string of the molecule is c1c[nH]cn1.c1cncnc1. The molecular formula is C7H8N4. The highest BCUT2D eigenvalue weighted by Gasteiger charge is 1.59. The lowest BCUT2D eigenvalue weighted by atomic mass is 10.7. The molecular weight excluding hydrogens is 140 g/mol. The third-order valence-corrected chi connectivity index (χ3v) is 0.883. The van der Waals surface area contributed by atoms with Crippen LogP contribution in [0.5, 0.6) is 0 Å². The Morgan fingerprint density at radius 2 is 1.73 bits per heavy atom. The second-order valence-corrected chi connectivity index (χ2v) is 1.66. The van der Waals surface area contributed by atoms with Gasteiger partial charge in [-0.1, -0.05) is 0 Å². The van der Waals surface area contributed by atoms with E-state index in [1.54, 1.807) is 37.2 Å². The highest BCUT2D eigenvalue weighted by Crippen LogP contribution is 1.66. The third kappa shape index (κ3) is 3.80. The Morgan fingerprint density at radius 3 is 1.91 bits per heavy atom. The van der Waals surface area contributed by atoms with Crippen LogP contribution >= 0.6 is 0 Å². The first-order valence-corrected chi connectivity index (χ1v) is 3.13. The van der Waals surface area contributed by atoms with E-state index >= 15 is 0 Å². The molecule has 0 bridgehead atoms. The molecule has 0 aliphatic carbocycles. The molecule has 4 nitrogen and oxygen atoms in total. The van der Waals surface area contributed by atoms with Gasteiger partial charge in [-0.15, -0.1) is 0 Å². The van der Waals surface area contributed by atoms with Crippen molar-refractivity contribution < 1.29 is 0 Å². The molecule has 0 saturated heterocycles. The Balaban J connectivity index is 0.000000112. The molecule has 0 saturated carbocycles. The van der Waals surface area contributed by atoms with Crippen LogP contribution in [0.3, 0.4) is 0 Å². The molecule has 0 atom stereocenters. The van der Waals surface area contributed by atoms with Gasteiger partial charge >= 0.3 is 0 Å². The van der Waals surface area contributed by atoms with Crippen molar-refractivity contribution in [3.05, 3.63) is 43.5 Å². The molecule has 2 aromatic heterocycles. The van der Waals surface area contributed by atoms with Crippen molar-refractivity contribution in [3.63, 3.8) is 0 Å². The van der Waals surface area contributed by atoms with E-state index in [-0.39, 0.29) is 0 Å². The fourth-order valence-electron chi connectivity index (χ4n) is 0.469. The number of rotatable bonds is 0. The Bertz CT molecular complexity index is 196. The number of imidazole rings is 1. The molecule has 11 heavy (non-hydrogen) atoms. The summed E-state index contributed by atoms with van der Waals surface area (Å²) >= 11 is 0. The first kappa shape index (κ1) is 7.40. The average molecular weight is 148 g/mol. The van der Waals surface area contributed by atoms with E-state index in [1.807, 2.05) is 0 Å². The summed E-state index contributed by atoms with van der Waals surface area (Å²) < 4.78 is 0. The first-order chi connectivity index (χ1) is 5.50. The van der Waals surface area contributed by atoms with Crippen LogP contribution in [-0.4, -0.2) is 19.9 Å². The van der Waals surface area contributed by atoms with Crippen LogP contribution in [0.25, 0.3) is 0 Å². The van der Waals surface area contributed by atoms with Crippen molar-refractivity contribution in [2.45, 2.75) is 0 Å². The minimum atomic E-state index is 1.50. The molecule has 0 amide bonds. The molecule has 0 radical (unpaired) electrons. The fourth-order valence-corrected chi connectivity index (χ4v) is 0.469. The monoisotopic (exact) mass is 148 g/mol. The zero-order valence-corrected chi connectivity index (χ0v) is 5.88. The van der Waals surface area contributed by atoms with Crippen molar-refractivity contribution in [3.8, 4) is 0 Å². The first-order valence-electron chi connectivity index (χ1n) is 3.13. The molecule has 4 heteroatoms. The van der Waals surface area contributed by atoms with Gasteiger partial charge in [-0.2, -0.15) is 0 Å². The number of aromatic nitrogens is 4. The van der Waals surface area contributed by atoms with E-state index in [1.165, 1.54) is 6.33 Å². The van der Waals surface area contributed by atoms with E-state index in [2.05, 4.69) is 19.9 Å². The number of hydrogen-bond donors (Lipinski definition) is 1. The zero-order valence-electron chi connectivity index (χ0n) is 5.88. The van der Waals surface area contributed by atoms with E-state index in [4.69, 9.17) is 0 Å². The predicted octanol–water partition coefficient (Wildman–Crippen LogP) is 0.886. The highest BCUT2D eigenvalue weighted by molar-refractivity contribution is 4.74. The second kappa shape index (κ2) is 5.10.